The van der Waals surface area contributed by atoms with Crippen LogP contribution >= 0.6 is 0 Å². The van der Waals surface area contributed by atoms with Gasteiger partial charge in [-0.1, -0.05) is 26.0 Å². The van der Waals surface area contributed by atoms with Crippen molar-refractivity contribution in [3.05, 3.63) is 29.8 Å². The van der Waals surface area contributed by atoms with E-state index in [2.05, 4.69) is 26.0 Å². The number of nitrogens with two attached hydrogens (primary N) is 1. The zero-order valence-corrected chi connectivity index (χ0v) is 10.9. The summed E-state index contributed by atoms with van der Waals surface area (Å²) in [6.07, 6.45) is 4.48. The first-order valence-electron chi connectivity index (χ1n) is 6.66. The van der Waals surface area contributed by atoms with Crippen LogP contribution in [0, 0.1) is 5.92 Å². The van der Waals surface area contributed by atoms with E-state index in [1.54, 1.807) is 0 Å². The number of hydrogen-bond donors (Lipinski definition) is 1. The van der Waals surface area contributed by atoms with Gasteiger partial charge in [0.25, 0.3) is 0 Å². The van der Waals surface area contributed by atoms with Crippen molar-refractivity contribution in [2.45, 2.75) is 45.1 Å². The largest absolute Gasteiger partial charge is 0.494 e. The average molecular weight is 233 g/mol. The highest BCUT2D eigenvalue weighted by Gasteiger charge is 2.34. The molecule has 0 spiro atoms. The van der Waals surface area contributed by atoms with Gasteiger partial charge in [-0.15, -0.1) is 0 Å². The SMILES string of the molecule is CCCOc1ccc(C2(N)CCC(C)C2)cc1. The fraction of sp³-hybridized carbons (Fsp3) is 0.600. The molecule has 1 aliphatic carbocycles. The van der Waals surface area contributed by atoms with Crippen molar-refractivity contribution < 1.29 is 4.74 Å². The summed E-state index contributed by atoms with van der Waals surface area (Å²) < 4.78 is 5.59. The molecule has 2 unspecified atom stereocenters. The fourth-order valence-electron chi connectivity index (χ4n) is 2.70. The number of ether oxygens (including phenoxy) is 1. The van der Waals surface area contributed by atoms with E-state index in [1.807, 2.05) is 12.1 Å². The van der Waals surface area contributed by atoms with Crippen molar-refractivity contribution in [3.8, 4) is 5.75 Å². The molecular formula is C15H23NO. The van der Waals surface area contributed by atoms with E-state index in [9.17, 15) is 0 Å². The van der Waals surface area contributed by atoms with E-state index in [0.29, 0.717) is 0 Å². The molecular weight excluding hydrogens is 210 g/mol. The second-order valence-electron chi connectivity index (χ2n) is 5.38. The van der Waals surface area contributed by atoms with Crippen LogP contribution in [0.15, 0.2) is 24.3 Å². The zero-order valence-electron chi connectivity index (χ0n) is 10.9. The molecule has 2 heteroatoms. The van der Waals surface area contributed by atoms with E-state index in [0.717, 1.165) is 37.5 Å². The van der Waals surface area contributed by atoms with E-state index in [1.165, 1.54) is 12.0 Å². The smallest absolute Gasteiger partial charge is 0.119 e. The molecule has 0 aliphatic heterocycles. The van der Waals surface area contributed by atoms with Gasteiger partial charge in [0.15, 0.2) is 0 Å². The molecule has 0 amide bonds. The van der Waals surface area contributed by atoms with Gasteiger partial charge in [-0.3, -0.25) is 0 Å². The quantitative estimate of drug-likeness (QED) is 0.864. The van der Waals surface area contributed by atoms with Gasteiger partial charge < -0.3 is 10.5 Å². The van der Waals surface area contributed by atoms with Crippen molar-refractivity contribution in [2.24, 2.45) is 11.7 Å². The van der Waals surface area contributed by atoms with Gasteiger partial charge in [-0.05, 0) is 49.3 Å². The Hall–Kier alpha value is -1.02. The summed E-state index contributed by atoms with van der Waals surface area (Å²) in [4.78, 5) is 0. The lowest BCUT2D eigenvalue weighted by Gasteiger charge is -2.24. The summed E-state index contributed by atoms with van der Waals surface area (Å²) >= 11 is 0. The summed E-state index contributed by atoms with van der Waals surface area (Å²) in [6, 6.07) is 8.34. The van der Waals surface area contributed by atoms with Crippen LogP contribution in [0.1, 0.15) is 45.1 Å². The van der Waals surface area contributed by atoms with Crippen LogP contribution in [0.4, 0.5) is 0 Å². The van der Waals surface area contributed by atoms with E-state index in [4.69, 9.17) is 10.5 Å². The molecule has 94 valence electrons. The third-order valence-corrected chi connectivity index (χ3v) is 3.70. The van der Waals surface area contributed by atoms with Gasteiger partial charge in [0, 0.05) is 5.54 Å². The summed E-state index contributed by atoms with van der Waals surface area (Å²) in [5, 5.41) is 0. The van der Waals surface area contributed by atoms with Crippen LogP contribution in [0.25, 0.3) is 0 Å². The van der Waals surface area contributed by atoms with Crippen molar-refractivity contribution in [2.75, 3.05) is 6.61 Å². The topological polar surface area (TPSA) is 35.2 Å². The van der Waals surface area contributed by atoms with Gasteiger partial charge in [-0.2, -0.15) is 0 Å². The van der Waals surface area contributed by atoms with Crippen LogP contribution in [0.2, 0.25) is 0 Å². The molecule has 2 nitrogen and oxygen atoms in total. The predicted molar refractivity (Wildman–Crippen MR) is 71.1 cm³/mol. The first kappa shape index (κ1) is 12.4. The lowest BCUT2D eigenvalue weighted by Crippen LogP contribution is -2.33. The summed E-state index contributed by atoms with van der Waals surface area (Å²) in [5.74, 6) is 1.70. The van der Waals surface area contributed by atoms with Crippen LogP contribution < -0.4 is 10.5 Å². The molecule has 0 radical (unpaired) electrons. The highest BCUT2D eigenvalue weighted by atomic mass is 16.5. The summed E-state index contributed by atoms with van der Waals surface area (Å²) in [7, 11) is 0. The van der Waals surface area contributed by atoms with Crippen LogP contribution in [0.5, 0.6) is 5.75 Å². The maximum atomic E-state index is 6.48. The van der Waals surface area contributed by atoms with Gasteiger partial charge in [0.1, 0.15) is 5.75 Å². The third kappa shape index (κ3) is 2.81. The minimum absolute atomic E-state index is 0.108. The van der Waals surface area contributed by atoms with E-state index in [-0.39, 0.29) is 5.54 Å². The molecule has 0 aromatic heterocycles. The molecule has 0 saturated heterocycles. The molecule has 17 heavy (non-hydrogen) atoms. The Morgan fingerprint density at radius 3 is 2.59 bits per heavy atom. The van der Waals surface area contributed by atoms with Crippen molar-refractivity contribution in [3.63, 3.8) is 0 Å². The molecule has 2 N–H and O–H groups in total. The lowest BCUT2D eigenvalue weighted by molar-refractivity contribution is 0.317. The lowest BCUT2D eigenvalue weighted by atomic mass is 9.88. The average Bonchev–Trinajstić information content (AvgIpc) is 2.68. The predicted octanol–water partition coefficient (Wildman–Crippen LogP) is 3.45. The molecule has 2 rings (SSSR count). The Morgan fingerprint density at radius 2 is 2.06 bits per heavy atom. The Morgan fingerprint density at radius 1 is 1.35 bits per heavy atom. The van der Waals surface area contributed by atoms with Crippen LogP contribution in [-0.4, -0.2) is 6.61 Å². The maximum absolute atomic E-state index is 6.48. The fourth-order valence-corrected chi connectivity index (χ4v) is 2.70. The van der Waals surface area contributed by atoms with E-state index < -0.39 is 0 Å². The Balaban J connectivity index is 2.07. The van der Waals surface area contributed by atoms with E-state index >= 15 is 0 Å². The van der Waals surface area contributed by atoms with Crippen molar-refractivity contribution in [1.82, 2.24) is 0 Å². The highest BCUT2D eigenvalue weighted by molar-refractivity contribution is 5.32. The van der Waals surface area contributed by atoms with Crippen LogP contribution in [0.3, 0.4) is 0 Å². The maximum Gasteiger partial charge on any atom is 0.119 e. The molecule has 1 saturated carbocycles. The molecule has 0 heterocycles. The third-order valence-electron chi connectivity index (χ3n) is 3.70. The Labute approximate surface area is 104 Å². The zero-order chi connectivity index (χ0) is 12.3. The van der Waals surface area contributed by atoms with Crippen molar-refractivity contribution in [1.29, 1.82) is 0 Å². The minimum Gasteiger partial charge on any atom is -0.494 e. The second-order valence-corrected chi connectivity index (χ2v) is 5.38. The van der Waals surface area contributed by atoms with Gasteiger partial charge >= 0.3 is 0 Å². The Kier molecular flexibility index (Phi) is 3.72. The first-order valence-corrected chi connectivity index (χ1v) is 6.66. The molecule has 1 aromatic carbocycles. The molecule has 1 aromatic rings. The first-order chi connectivity index (χ1) is 8.14. The standard InChI is InChI=1S/C15H23NO/c1-3-10-17-14-6-4-13(5-7-14)15(16)9-8-12(2)11-15/h4-7,12H,3,8-11,16H2,1-2H3. The van der Waals surface area contributed by atoms with Crippen LogP contribution in [-0.2, 0) is 5.54 Å². The number of benzene rings is 1. The Bertz CT molecular complexity index is 360. The number of rotatable bonds is 4. The summed E-state index contributed by atoms with van der Waals surface area (Å²) in [6.45, 7) is 5.18. The monoisotopic (exact) mass is 233 g/mol. The minimum atomic E-state index is -0.108. The van der Waals surface area contributed by atoms with Gasteiger partial charge in [-0.25, -0.2) is 0 Å². The highest BCUT2D eigenvalue weighted by Crippen LogP contribution is 2.40. The van der Waals surface area contributed by atoms with Gasteiger partial charge in [0.05, 0.1) is 6.61 Å². The normalized spacial score (nSPS) is 28.3. The molecule has 1 fully saturated rings. The molecule has 0 bridgehead atoms. The van der Waals surface area contributed by atoms with Crippen molar-refractivity contribution >= 4 is 0 Å². The molecule has 1 aliphatic rings. The van der Waals surface area contributed by atoms with Gasteiger partial charge in [0.2, 0.25) is 0 Å². The second kappa shape index (κ2) is 5.09. The number of hydrogen-bond acceptors (Lipinski definition) is 2. The summed E-state index contributed by atoms with van der Waals surface area (Å²) in [5.41, 5.74) is 7.63. The molecule has 2 atom stereocenters.